The third-order valence-corrected chi connectivity index (χ3v) is 8.93. The van der Waals surface area contributed by atoms with E-state index in [1.807, 2.05) is 49.4 Å². The quantitative estimate of drug-likeness (QED) is 0.0797. The van der Waals surface area contributed by atoms with E-state index in [0.717, 1.165) is 5.56 Å². The molecule has 0 aromatic heterocycles. The van der Waals surface area contributed by atoms with Crippen LogP contribution < -0.4 is 14.4 Å². The SMILES string of the molecule is Cc1ccc(C(=O)Oc2ccc(C(=O)COC(=O)[C@H]3CC(=O)N(c4ccc(Oc5ccc(C(C)(C)c6ccccc6)cc5)cc4)C3)cc2)cc1. The summed E-state index contributed by atoms with van der Waals surface area (Å²) in [5.74, 6) is -0.858. The Labute approximate surface area is 291 Å². The Morgan fingerprint density at radius 1 is 0.700 bits per heavy atom. The van der Waals surface area contributed by atoms with Gasteiger partial charge in [-0.05, 0) is 90.8 Å². The highest BCUT2D eigenvalue weighted by Crippen LogP contribution is 2.34. The van der Waals surface area contributed by atoms with Crippen LogP contribution in [0.3, 0.4) is 0 Å². The van der Waals surface area contributed by atoms with E-state index in [4.69, 9.17) is 14.2 Å². The van der Waals surface area contributed by atoms with Crippen molar-refractivity contribution in [2.24, 2.45) is 5.92 Å². The molecule has 0 saturated carbocycles. The zero-order valence-electron chi connectivity index (χ0n) is 28.1. The molecular formula is C42H37NO7. The van der Waals surface area contributed by atoms with Gasteiger partial charge in [-0.1, -0.05) is 74.0 Å². The summed E-state index contributed by atoms with van der Waals surface area (Å²) in [6.07, 6.45) is -0.0159. The van der Waals surface area contributed by atoms with Crippen LogP contribution in [0.4, 0.5) is 5.69 Å². The summed E-state index contributed by atoms with van der Waals surface area (Å²) in [5.41, 5.74) is 4.62. The molecule has 1 atom stereocenters. The van der Waals surface area contributed by atoms with E-state index >= 15 is 0 Å². The maximum atomic E-state index is 12.8. The molecule has 0 unspecified atom stereocenters. The lowest BCUT2D eigenvalue weighted by atomic mass is 9.78. The lowest BCUT2D eigenvalue weighted by Crippen LogP contribution is -2.27. The number of aryl methyl sites for hydroxylation is 1. The number of hydrogen-bond acceptors (Lipinski definition) is 7. The van der Waals surface area contributed by atoms with Crippen LogP contribution in [-0.4, -0.2) is 36.8 Å². The average Bonchev–Trinajstić information content (AvgIpc) is 3.53. The molecule has 0 spiro atoms. The first kappa shape index (κ1) is 33.9. The van der Waals surface area contributed by atoms with E-state index in [-0.39, 0.29) is 30.0 Å². The second kappa shape index (κ2) is 14.6. The van der Waals surface area contributed by atoms with Crippen LogP contribution in [0.15, 0.2) is 127 Å². The van der Waals surface area contributed by atoms with E-state index < -0.39 is 30.2 Å². The molecule has 50 heavy (non-hydrogen) atoms. The Bertz CT molecular complexity index is 1980. The van der Waals surface area contributed by atoms with Crippen LogP contribution in [0.1, 0.15) is 57.7 Å². The minimum atomic E-state index is -0.701. The molecule has 5 aromatic rings. The Balaban J connectivity index is 0.981. The minimum Gasteiger partial charge on any atom is -0.457 e. The van der Waals surface area contributed by atoms with Gasteiger partial charge in [-0.15, -0.1) is 0 Å². The van der Waals surface area contributed by atoms with E-state index in [0.29, 0.717) is 28.3 Å². The van der Waals surface area contributed by atoms with E-state index in [2.05, 4.69) is 38.1 Å². The van der Waals surface area contributed by atoms with Gasteiger partial charge in [0.25, 0.3) is 0 Å². The fourth-order valence-electron chi connectivity index (χ4n) is 5.81. The molecule has 1 heterocycles. The predicted octanol–water partition coefficient (Wildman–Crippen LogP) is 8.11. The second-order valence-corrected chi connectivity index (χ2v) is 12.8. The van der Waals surface area contributed by atoms with E-state index in [1.54, 1.807) is 36.4 Å². The number of nitrogens with zero attached hydrogens (tertiary/aromatic N) is 1. The fraction of sp³-hybridized carbons (Fsp3) is 0.190. The van der Waals surface area contributed by atoms with Gasteiger partial charge in [0.15, 0.2) is 12.4 Å². The van der Waals surface area contributed by atoms with Gasteiger partial charge in [-0.2, -0.15) is 0 Å². The summed E-state index contributed by atoms with van der Waals surface area (Å²) in [6.45, 7) is 5.98. The summed E-state index contributed by atoms with van der Waals surface area (Å²) < 4.78 is 16.7. The Hall–Kier alpha value is -6.02. The number of amides is 1. The van der Waals surface area contributed by atoms with E-state index in [1.165, 1.54) is 40.3 Å². The Morgan fingerprint density at radius 3 is 1.90 bits per heavy atom. The van der Waals surface area contributed by atoms with Crippen molar-refractivity contribution < 1.29 is 33.4 Å². The molecule has 5 aromatic carbocycles. The van der Waals surface area contributed by atoms with Crippen molar-refractivity contribution in [3.05, 3.63) is 155 Å². The normalized spacial score (nSPS) is 14.3. The zero-order valence-corrected chi connectivity index (χ0v) is 28.1. The molecule has 0 aliphatic carbocycles. The predicted molar refractivity (Wildman–Crippen MR) is 190 cm³/mol. The number of carbonyl (C=O) groups excluding carboxylic acids is 4. The topological polar surface area (TPSA) is 99.2 Å². The van der Waals surface area contributed by atoms with Crippen LogP contribution in [0.25, 0.3) is 0 Å². The fourth-order valence-corrected chi connectivity index (χ4v) is 5.81. The monoisotopic (exact) mass is 667 g/mol. The largest absolute Gasteiger partial charge is 0.457 e. The van der Waals surface area contributed by atoms with Crippen molar-refractivity contribution in [2.45, 2.75) is 32.6 Å². The Morgan fingerprint density at radius 2 is 1.26 bits per heavy atom. The third kappa shape index (κ3) is 7.81. The summed E-state index contributed by atoms with van der Waals surface area (Å²) in [7, 11) is 0. The number of hydrogen-bond donors (Lipinski definition) is 0. The molecule has 1 amide bonds. The first-order valence-electron chi connectivity index (χ1n) is 16.4. The van der Waals surface area contributed by atoms with Crippen LogP contribution in [-0.2, 0) is 19.7 Å². The number of carbonyl (C=O) groups is 4. The van der Waals surface area contributed by atoms with Crippen molar-refractivity contribution in [2.75, 3.05) is 18.1 Å². The molecular weight excluding hydrogens is 630 g/mol. The van der Waals surface area contributed by atoms with Gasteiger partial charge in [0.05, 0.1) is 11.5 Å². The number of esters is 2. The van der Waals surface area contributed by atoms with Crippen LogP contribution >= 0.6 is 0 Å². The summed E-state index contributed by atoms with van der Waals surface area (Å²) >= 11 is 0. The third-order valence-electron chi connectivity index (χ3n) is 8.93. The summed E-state index contributed by atoms with van der Waals surface area (Å²) in [6, 6.07) is 38.5. The maximum absolute atomic E-state index is 12.8. The minimum absolute atomic E-state index is 0.0159. The number of ketones is 1. The molecule has 252 valence electrons. The van der Waals surface area contributed by atoms with Gasteiger partial charge >= 0.3 is 11.9 Å². The Kier molecular flexibility index (Phi) is 9.90. The van der Waals surface area contributed by atoms with Crippen LogP contribution in [0, 0.1) is 12.8 Å². The van der Waals surface area contributed by atoms with Crippen molar-refractivity contribution in [3.8, 4) is 17.2 Å². The molecule has 0 N–H and O–H groups in total. The first-order chi connectivity index (χ1) is 24.1. The molecule has 1 saturated heterocycles. The summed E-state index contributed by atoms with van der Waals surface area (Å²) in [5, 5.41) is 0. The van der Waals surface area contributed by atoms with Crippen molar-refractivity contribution in [3.63, 3.8) is 0 Å². The van der Waals surface area contributed by atoms with Crippen molar-refractivity contribution in [1.29, 1.82) is 0 Å². The molecule has 0 radical (unpaired) electrons. The number of Topliss-reactive ketones (excluding diaryl/α,β-unsaturated/α-hetero) is 1. The molecule has 6 rings (SSSR count). The van der Waals surface area contributed by atoms with Gasteiger partial charge < -0.3 is 19.1 Å². The highest BCUT2D eigenvalue weighted by molar-refractivity contribution is 6.01. The highest BCUT2D eigenvalue weighted by Gasteiger charge is 2.36. The summed E-state index contributed by atoms with van der Waals surface area (Å²) in [4.78, 5) is 52.3. The second-order valence-electron chi connectivity index (χ2n) is 12.8. The number of ether oxygens (including phenoxy) is 3. The van der Waals surface area contributed by atoms with E-state index in [9.17, 15) is 19.2 Å². The number of rotatable bonds is 11. The lowest BCUT2D eigenvalue weighted by molar-refractivity contribution is -0.147. The highest BCUT2D eigenvalue weighted by atomic mass is 16.5. The smallest absolute Gasteiger partial charge is 0.343 e. The number of anilines is 1. The lowest BCUT2D eigenvalue weighted by Gasteiger charge is -2.26. The van der Waals surface area contributed by atoms with Crippen LogP contribution in [0.5, 0.6) is 17.2 Å². The van der Waals surface area contributed by atoms with Gasteiger partial charge in [-0.3, -0.25) is 14.4 Å². The molecule has 1 aliphatic rings. The maximum Gasteiger partial charge on any atom is 0.343 e. The van der Waals surface area contributed by atoms with Crippen molar-refractivity contribution >= 4 is 29.3 Å². The number of benzene rings is 5. The van der Waals surface area contributed by atoms with Crippen molar-refractivity contribution in [1.82, 2.24) is 0 Å². The molecule has 8 heteroatoms. The van der Waals surface area contributed by atoms with Gasteiger partial charge in [-0.25, -0.2) is 4.79 Å². The standard InChI is InChI=1S/C42H37NO7/c1-28-9-11-30(12-10-28)41(47)50-37-19-13-29(14-20-37)38(44)27-48-40(46)31-25-39(45)43(26-31)34-17-23-36(24-18-34)49-35-21-15-33(16-22-35)42(2,3)32-7-5-4-6-8-32/h4-24,31H,25-27H2,1-3H3/t31-/m0/s1. The average molecular weight is 668 g/mol. The first-order valence-corrected chi connectivity index (χ1v) is 16.4. The van der Waals surface area contributed by atoms with Crippen LogP contribution in [0.2, 0.25) is 0 Å². The molecule has 8 nitrogen and oxygen atoms in total. The van der Waals surface area contributed by atoms with Gasteiger partial charge in [0.2, 0.25) is 5.91 Å². The van der Waals surface area contributed by atoms with Gasteiger partial charge in [0.1, 0.15) is 17.2 Å². The molecule has 0 bridgehead atoms. The van der Waals surface area contributed by atoms with Gasteiger partial charge in [0, 0.05) is 29.6 Å². The zero-order chi connectivity index (χ0) is 35.3. The molecule has 1 fully saturated rings. The molecule has 1 aliphatic heterocycles.